The molecule has 2 aliphatic heterocycles. The van der Waals surface area contributed by atoms with E-state index in [2.05, 4.69) is 4.99 Å². The highest BCUT2D eigenvalue weighted by molar-refractivity contribution is 5.75. The number of carbonyl (C=O) groups excluding carboxylic acids is 2. The lowest BCUT2D eigenvalue weighted by atomic mass is 9.97. The maximum Gasteiger partial charge on any atom is 0.303 e. The molecule has 0 spiro atoms. The molecule has 0 amide bonds. The molecule has 1 N–H and O–H groups in total. The van der Waals surface area contributed by atoms with Crippen molar-refractivity contribution in [3.05, 3.63) is 0 Å². The first kappa shape index (κ1) is 14.7. The zero-order valence-corrected chi connectivity index (χ0v) is 11.4. The molecule has 5 unspecified atom stereocenters. The van der Waals surface area contributed by atoms with Gasteiger partial charge in [-0.15, -0.1) is 0 Å². The third-order valence-electron chi connectivity index (χ3n) is 3.01. The quantitative estimate of drug-likeness (QED) is 0.690. The van der Waals surface area contributed by atoms with Gasteiger partial charge in [-0.3, -0.25) is 9.59 Å². The summed E-state index contributed by atoms with van der Waals surface area (Å²) in [5.41, 5.74) is 0. The van der Waals surface area contributed by atoms with Gasteiger partial charge in [-0.05, 0) is 0 Å². The van der Waals surface area contributed by atoms with Gasteiger partial charge in [-0.1, -0.05) is 0 Å². The van der Waals surface area contributed by atoms with Gasteiger partial charge >= 0.3 is 11.9 Å². The van der Waals surface area contributed by atoms with Gasteiger partial charge in [0.1, 0.15) is 18.8 Å². The van der Waals surface area contributed by atoms with Crippen LogP contribution in [-0.2, 0) is 28.5 Å². The molecule has 0 radical (unpaired) electrons. The van der Waals surface area contributed by atoms with Gasteiger partial charge in [0.05, 0.1) is 0 Å². The third-order valence-corrected chi connectivity index (χ3v) is 3.01. The fraction of sp³-hybridized carbons (Fsp3) is 0.750. The summed E-state index contributed by atoms with van der Waals surface area (Å²) in [4.78, 5) is 26.1. The first-order valence-corrected chi connectivity index (χ1v) is 6.23. The summed E-state index contributed by atoms with van der Waals surface area (Å²) in [7, 11) is 0. The average Bonchev–Trinajstić information content (AvgIpc) is 2.70. The molecular weight excluding hydrogens is 270 g/mol. The molecule has 2 rings (SSSR count). The van der Waals surface area contributed by atoms with Crippen molar-refractivity contribution in [3.8, 4) is 0 Å². The minimum atomic E-state index is -1.15. The number of ether oxygens (including phenoxy) is 4. The molecule has 2 heterocycles. The van der Waals surface area contributed by atoms with Gasteiger partial charge < -0.3 is 24.1 Å². The number of fused-ring (bicyclic) bond motifs is 1. The van der Waals surface area contributed by atoms with Crippen molar-refractivity contribution in [3.63, 3.8) is 0 Å². The summed E-state index contributed by atoms with van der Waals surface area (Å²) in [5, 5.41) is 10.2. The molecule has 2 aliphatic rings. The fourth-order valence-electron chi connectivity index (χ4n) is 2.21. The highest BCUT2D eigenvalue weighted by atomic mass is 16.7. The van der Waals surface area contributed by atoms with Crippen LogP contribution in [0.2, 0.25) is 0 Å². The summed E-state index contributed by atoms with van der Waals surface area (Å²) >= 11 is 0. The second-order valence-electron chi connectivity index (χ2n) is 4.67. The predicted molar refractivity (Wildman–Crippen MR) is 64.8 cm³/mol. The normalized spacial score (nSPS) is 35.6. The molecule has 1 fully saturated rings. The maximum absolute atomic E-state index is 11.2. The van der Waals surface area contributed by atoms with Crippen LogP contribution in [0.5, 0.6) is 0 Å². The van der Waals surface area contributed by atoms with Crippen LogP contribution in [0.1, 0.15) is 20.8 Å². The van der Waals surface area contributed by atoms with Crippen molar-refractivity contribution in [2.75, 3.05) is 6.61 Å². The SMILES string of the molecule is CC(=O)OCC1OC2OC(C)=NC2C(OC(C)=O)C1O. The smallest absolute Gasteiger partial charge is 0.303 e. The van der Waals surface area contributed by atoms with Crippen LogP contribution in [0.4, 0.5) is 0 Å². The fourth-order valence-corrected chi connectivity index (χ4v) is 2.21. The van der Waals surface area contributed by atoms with Crippen LogP contribution in [0, 0.1) is 0 Å². The predicted octanol–water partition coefficient (Wildman–Crippen LogP) is -0.616. The number of carbonyl (C=O) groups is 2. The van der Waals surface area contributed by atoms with Crippen LogP contribution >= 0.6 is 0 Å². The zero-order valence-electron chi connectivity index (χ0n) is 11.4. The summed E-state index contributed by atoms with van der Waals surface area (Å²) in [5.74, 6) is -0.648. The second-order valence-corrected chi connectivity index (χ2v) is 4.67. The van der Waals surface area contributed by atoms with Crippen LogP contribution in [0.3, 0.4) is 0 Å². The Bertz CT molecular complexity index is 436. The Morgan fingerprint density at radius 3 is 2.65 bits per heavy atom. The first-order valence-electron chi connectivity index (χ1n) is 6.23. The number of nitrogens with zero attached hydrogens (tertiary/aromatic N) is 1. The lowest BCUT2D eigenvalue weighted by molar-refractivity contribution is -0.242. The van der Waals surface area contributed by atoms with Crippen molar-refractivity contribution < 1.29 is 33.6 Å². The van der Waals surface area contributed by atoms with Gasteiger partial charge in [0, 0.05) is 20.8 Å². The van der Waals surface area contributed by atoms with Crippen LogP contribution in [0.15, 0.2) is 4.99 Å². The number of rotatable bonds is 3. The average molecular weight is 287 g/mol. The van der Waals surface area contributed by atoms with E-state index in [1.165, 1.54) is 13.8 Å². The Labute approximate surface area is 115 Å². The van der Waals surface area contributed by atoms with E-state index < -0.39 is 42.6 Å². The maximum atomic E-state index is 11.2. The molecule has 0 aromatic rings. The lowest BCUT2D eigenvalue weighted by Crippen LogP contribution is -2.58. The van der Waals surface area contributed by atoms with E-state index in [1.807, 2.05) is 0 Å². The van der Waals surface area contributed by atoms with E-state index in [1.54, 1.807) is 6.92 Å². The van der Waals surface area contributed by atoms with Crippen molar-refractivity contribution >= 4 is 17.8 Å². The van der Waals surface area contributed by atoms with Gasteiger partial charge in [0.2, 0.25) is 6.29 Å². The van der Waals surface area contributed by atoms with Gasteiger partial charge in [0.25, 0.3) is 0 Å². The monoisotopic (exact) mass is 287 g/mol. The van der Waals surface area contributed by atoms with Gasteiger partial charge in [0.15, 0.2) is 18.0 Å². The number of hydrogen-bond acceptors (Lipinski definition) is 8. The van der Waals surface area contributed by atoms with Crippen molar-refractivity contribution in [2.24, 2.45) is 4.99 Å². The van der Waals surface area contributed by atoms with Crippen molar-refractivity contribution in [1.82, 2.24) is 0 Å². The highest BCUT2D eigenvalue weighted by Crippen LogP contribution is 2.30. The lowest BCUT2D eigenvalue weighted by Gasteiger charge is -2.38. The molecule has 1 saturated heterocycles. The molecular formula is C12H17NO7. The Balaban J connectivity index is 2.12. The Morgan fingerprint density at radius 2 is 2.05 bits per heavy atom. The summed E-state index contributed by atoms with van der Waals surface area (Å²) in [6.45, 7) is 3.98. The van der Waals surface area contributed by atoms with E-state index in [9.17, 15) is 14.7 Å². The van der Waals surface area contributed by atoms with E-state index >= 15 is 0 Å². The largest absolute Gasteiger partial charge is 0.463 e. The van der Waals surface area contributed by atoms with E-state index in [0.717, 1.165) is 0 Å². The van der Waals surface area contributed by atoms with E-state index in [4.69, 9.17) is 18.9 Å². The van der Waals surface area contributed by atoms with Crippen molar-refractivity contribution in [2.45, 2.75) is 51.4 Å². The molecule has 112 valence electrons. The molecule has 0 aromatic carbocycles. The number of aliphatic hydroxyl groups excluding tert-OH is 1. The molecule has 0 aromatic heterocycles. The second kappa shape index (κ2) is 5.76. The molecule has 20 heavy (non-hydrogen) atoms. The molecule has 0 aliphatic carbocycles. The highest BCUT2D eigenvalue weighted by Gasteiger charge is 2.51. The van der Waals surface area contributed by atoms with E-state index in [-0.39, 0.29) is 6.61 Å². The number of esters is 2. The van der Waals surface area contributed by atoms with Crippen LogP contribution in [0.25, 0.3) is 0 Å². The first-order chi connectivity index (χ1) is 9.38. The molecule has 5 atom stereocenters. The third kappa shape index (κ3) is 3.07. The van der Waals surface area contributed by atoms with Crippen LogP contribution in [-0.4, -0.2) is 60.2 Å². The number of aliphatic hydroxyl groups is 1. The summed E-state index contributed by atoms with van der Waals surface area (Å²) < 4.78 is 20.8. The molecule has 0 bridgehead atoms. The Hall–Kier alpha value is -1.67. The minimum absolute atomic E-state index is 0.153. The molecule has 0 saturated carbocycles. The van der Waals surface area contributed by atoms with Crippen LogP contribution < -0.4 is 0 Å². The van der Waals surface area contributed by atoms with Crippen molar-refractivity contribution in [1.29, 1.82) is 0 Å². The number of aliphatic imine (C=N–C) groups is 1. The topological polar surface area (TPSA) is 104 Å². The van der Waals surface area contributed by atoms with Gasteiger partial charge in [-0.25, -0.2) is 4.99 Å². The summed E-state index contributed by atoms with van der Waals surface area (Å²) in [6.07, 6.45) is -3.66. The molecule has 8 heteroatoms. The minimum Gasteiger partial charge on any atom is -0.463 e. The zero-order chi connectivity index (χ0) is 14.9. The van der Waals surface area contributed by atoms with E-state index in [0.29, 0.717) is 5.90 Å². The standard InChI is InChI=1S/C12H17NO7/c1-5-13-9-11(19-7(3)15)10(16)8(4-17-6(2)14)20-12(9)18-5/h8-12,16H,4H2,1-3H3. The number of hydrogen-bond donors (Lipinski definition) is 1. The Morgan fingerprint density at radius 1 is 1.35 bits per heavy atom. The Kier molecular flexibility index (Phi) is 4.24. The van der Waals surface area contributed by atoms with Gasteiger partial charge in [-0.2, -0.15) is 0 Å². The summed E-state index contributed by atoms with van der Waals surface area (Å²) in [6, 6.07) is -0.623. The molecule has 8 nitrogen and oxygen atoms in total.